The maximum absolute atomic E-state index is 10.4. The number of rotatable bonds is 4. The van der Waals surface area contributed by atoms with Gasteiger partial charge in [0.2, 0.25) is 0 Å². The zero-order valence-electron chi connectivity index (χ0n) is 7.01. The summed E-state index contributed by atoms with van der Waals surface area (Å²) in [5, 5.41) is 0. The van der Waals surface area contributed by atoms with Gasteiger partial charge in [-0.1, -0.05) is 0 Å². The summed E-state index contributed by atoms with van der Waals surface area (Å²) in [6, 6.07) is 0. The molecule has 0 rings (SSSR count). The Morgan fingerprint density at radius 2 is 1.12 bits per heavy atom. The quantitative estimate of drug-likeness (QED) is 0.178. The van der Waals surface area contributed by atoms with Gasteiger partial charge in [-0.3, -0.25) is 0 Å². The van der Waals surface area contributed by atoms with Gasteiger partial charge in [0.05, 0.1) is 0 Å². The van der Waals surface area contributed by atoms with E-state index in [1.165, 1.54) is 0 Å². The molecule has 13 nitrogen and oxygen atoms in total. The zero-order chi connectivity index (χ0) is 13.6. The second kappa shape index (κ2) is 6.45. The fourth-order valence-electron chi connectivity index (χ4n) is 0.284. The van der Waals surface area contributed by atoms with Crippen LogP contribution in [0.1, 0.15) is 0 Å². The Hall–Kier alpha value is -0.280. The van der Waals surface area contributed by atoms with Crippen molar-refractivity contribution in [1.29, 1.82) is 5.53 Å². The highest BCUT2D eigenvalue weighted by atomic mass is 31.3. The van der Waals surface area contributed by atoms with Crippen LogP contribution in [0, 0.1) is 5.53 Å². The fourth-order valence-corrected chi connectivity index (χ4v) is 2.82. The van der Waals surface area contributed by atoms with Crippen molar-refractivity contribution in [3.8, 4) is 0 Å². The lowest BCUT2D eigenvalue weighted by molar-refractivity contribution is 0.204. The van der Waals surface area contributed by atoms with Crippen LogP contribution >= 0.6 is 23.5 Å². The van der Waals surface area contributed by atoms with E-state index in [0.717, 1.165) is 0 Å². The third-order valence-electron chi connectivity index (χ3n) is 0.419. The van der Waals surface area contributed by atoms with E-state index in [-0.39, 0.29) is 0 Å². The van der Waals surface area contributed by atoms with Crippen LogP contribution in [0.15, 0.2) is 0 Å². The lowest BCUT2D eigenvalue weighted by Crippen LogP contribution is -1.91. The molecule has 0 aliphatic heterocycles. The molecule has 16 heavy (non-hydrogen) atoms. The molecule has 16 heteroatoms. The lowest BCUT2D eigenvalue weighted by Gasteiger charge is -2.11. The highest BCUT2D eigenvalue weighted by Crippen LogP contribution is 2.64. The van der Waals surface area contributed by atoms with Crippen molar-refractivity contribution in [2.45, 2.75) is 0 Å². The van der Waals surface area contributed by atoms with E-state index in [1.54, 1.807) is 4.91 Å². The highest BCUT2D eigenvalue weighted by Gasteiger charge is 2.38. The summed E-state index contributed by atoms with van der Waals surface area (Å²) < 4.78 is 36.4. The van der Waals surface area contributed by atoms with Gasteiger partial charge in [0, 0.05) is 0 Å². The van der Waals surface area contributed by atoms with E-state index in [1.807, 2.05) is 0 Å². The summed E-state index contributed by atoms with van der Waals surface area (Å²) >= 11 is 0. The Kier molecular flexibility index (Phi) is 7.30. The molecule has 0 aliphatic rings. The fraction of sp³-hybridized carbons (Fsp3) is 0. The summed E-state index contributed by atoms with van der Waals surface area (Å²) in [7, 11) is -16.2. The Morgan fingerprint density at radius 1 is 0.938 bits per heavy atom. The van der Waals surface area contributed by atoms with Crippen molar-refractivity contribution >= 4 is 23.5 Å². The number of hydrogen-bond donors (Lipinski definition) is 6. The van der Waals surface area contributed by atoms with Gasteiger partial charge in [-0.15, -0.1) is 5.53 Å². The second-order valence-corrected chi connectivity index (χ2v) is 5.92. The Morgan fingerprint density at radius 3 is 1.25 bits per heavy atom. The molecular weight excluding hydrogens is 295 g/mol. The molecule has 0 fully saturated rings. The van der Waals surface area contributed by atoms with E-state index in [9.17, 15) is 13.7 Å². The summed E-state index contributed by atoms with van der Waals surface area (Å²) in [5.41, 5.74) is 12.2. The van der Waals surface area contributed by atoms with Crippen LogP contribution < -0.4 is 0 Å². The number of hydrogen-bond acceptors (Lipinski definition) is 6. The molecule has 0 saturated carbocycles. The normalized spacial score (nSPS) is 12.3. The third kappa shape index (κ3) is 16.2. The molecule has 0 heterocycles. The van der Waals surface area contributed by atoms with Gasteiger partial charge < -0.3 is 24.5 Å². The van der Waals surface area contributed by atoms with Crippen LogP contribution in [0.3, 0.4) is 0 Å². The van der Waals surface area contributed by atoms with Crippen LogP contribution in [0.25, 0.3) is 10.4 Å². The number of nitrogens with one attached hydrogen (secondary N) is 1. The minimum Gasteiger partial charge on any atom is -0.302 e. The van der Waals surface area contributed by atoms with Gasteiger partial charge in [0.25, 0.3) is 0 Å². The van der Waals surface area contributed by atoms with Crippen molar-refractivity contribution in [3.05, 3.63) is 10.4 Å². The van der Waals surface area contributed by atoms with Gasteiger partial charge in [-0.25, -0.2) is 13.7 Å². The SMILES string of the molecule is O=P(O)(O)OP(=O)(O)OP(=O)(O)O.[N-]=[N+]=N. The van der Waals surface area contributed by atoms with Gasteiger partial charge in [0.1, 0.15) is 0 Å². The molecule has 0 unspecified atom stereocenters. The van der Waals surface area contributed by atoms with E-state index in [2.05, 4.69) is 8.62 Å². The average molecular weight is 301 g/mol. The Balaban J connectivity index is 0. The molecule has 0 radical (unpaired) electrons. The summed E-state index contributed by atoms with van der Waals surface area (Å²) in [6.45, 7) is 0. The summed E-state index contributed by atoms with van der Waals surface area (Å²) in [5.74, 6) is 0. The maximum atomic E-state index is 10.4. The van der Waals surface area contributed by atoms with E-state index in [0.29, 0.717) is 0 Å². The second-order valence-electron chi connectivity index (χ2n) is 1.71. The van der Waals surface area contributed by atoms with Gasteiger partial charge in [-0.05, 0) is 10.4 Å². The molecule has 0 aliphatic carbocycles. The van der Waals surface area contributed by atoms with Crippen LogP contribution in [0.2, 0.25) is 0 Å². The van der Waals surface area contributed by atoms with Crippen molar-refractivity contribution < 1.29 is 46.8 Å². The molecule has 0 bridgehead atoms. The molecular formula is H6N3O10P3. The molecule has 0 spiro atoms. The summed E-state index contributed by atoms with van der Waals surface area (Å²) in [4.78, 5) is 42.0. The minimum absolute atomic E-state index is 1.75. The average Bonchev–Trinajstić information content (AvgIpc) is 1.73. The highest BCUT2D eigenvalue weighted by molar-refractivity contribution is 7.66. The van der Waals surface area contributed by atoms with Gasteiger partial charge in [0.15, 0.2) is 0 Å². The zero-order valence-corrected chi connectivity index (χ0v) is 9.70. The standard InChI is InChI=1S/HN3.H5O10P3/c1-3-2;1-11(2,3)9-13(7,8)10-12(4,5)6/h1H;(H,7,8)(H2,1,2,3)(H2,4,5,6). The first-order valence-corrected chi connectivity index (χ1v) is 7.26. The van der Waals surface area contributed by atoms with Crippen LogP contribution in [-0.2, 0) is 22.3 Å². The largest absolute Gasteiger partial charge is 0.490 e. The van der Waals surface area contributed by atoms with Crippen molar-refractivity contribution in [2.75, 3.05) is 0 Å². The Labute approximate surface area is 87.2 Å². The van der Waals surface area contributed by atoms with Gasteiger partial charge in [-0.2, -0.15) is 8.62 Å². The smallest absolute Gasteiger partial charge is 0.302 e. The molecule has 6 N–H and O–H groups in total. The predicted molar refractivity (Wildman–Crippen MR) is 45.5 cm³/mol. The Bertz CT molecular complexity index is 352. The monoisotopic (exact) mass is 301 g/mol. The van der Waals surface area contributed by atoms with Crippen molar-refractivity contribution in [2.24, 2.45) is 0 Å². The van der Waals surface area contributed by atoms with E-state index >= 15 is 0 Å². The molecule has 0 aromatic carbocycles. The van der Waals surface area contributed by atoms with Crippen LogP contribution in [-0.4, -0.2) is 24.5 Å². The van der Waals surface area contributed by atoms with E-state index < -0.39 is 23.5 Å². The molecule has 0 aromatic rings. The first kappa shape index (κ1) is 18.1. The van der Waals surface area contributed by atoms with Gasteiger partial charge >= 0.3 is 23.5 Å². The topological polar surface area (TPSA) is 231 Å². The molecule has 96 valence electrons. The third-order valence-corrected chi connectivity index (χ3v) is 3.77. The lowest BCUT2D eigenvalue weighted by atomic mass is 13.0. The summed E-state index contributed by atoms with van der Waals surface area (Å²) in [6.07, 6.45) is 0. The molecule has 0 amide bonds. The minimum atomic E-state index is -5.46. The van der Waals surface area contributed by atoms with Crippen molar-refractivity contribution in [1.82, 2.24) is 0 Å². The van der Waals surface area contributed by atoms with Crippen molar-refractivity contribution in [3.63, 3.8) is 0 Å². The predicted octanol–water partition coefficient (Wildman–Crippen LogP) is 0.181. The maximum Gasteiger partial charge on any atom is 0.490 e. The van der Waals surface area contributed by atoms with Crippen LogP contribution in [0.5, 0.6) is 0 Å². The molecule has 0 atom stereocenters. The van der Waals surface area contributed by atoms with E-state index in [4.69, 9.17) is 35.5 Å². The number of nitrogens with zero attached hydrogens (tertiary/aromatic N) is 2. The van der Waals surface area contributed by atoms with Crippen LogP contribution in [0.4, 0.5) is 0 Å². The molecule has 0 saturated heterocycles. The molecule has 0 aromatic heterocycles. The first-order valence-electron chi connectivity index (χ1n) is 2.70. The first-order chi connectivity index (χ1) is 6.83. The number of phosphoric acid groups is 3.